The number of hydrazone groups is 1. The number of ether oxygens (including phenoxy) is 1. The van der Waals surface area contributed by atoms with Crippen LogP contribution in [0.4, 0.5) is 5.69 Å². The van der Waals surface area contributed by atoms with Crippen LogP contribution in [0.25, 0.3) is 0 Å². The van der Waals surface area contributed by atoms with E-state index < -0.39 is 17.8 Å². The molecular weight excluding hydrogens is 334 g/mol. The van der Waals surface area contributed by atoms with Crippen LogP contribution in [0.15, 0.2) is 23.3 Å². The van der Waals surface area contributed by atoms with Gasteiger partial charge < -0.3 is 10.1 Å². The number of esters is 1. The van der Waals surface area contributed by atoms with Crippen molar-refractivity contribution in [3.05, 3.63) is 29.3 Å². The number of benzene rings is 1. The minimum absolute atomic E-state index is 0.00130. The molecule has 0 saturated heterocycles. The molecule has 0 radical (unpaired) electrons. The van der Waals surface area contributed by atoms with Gasteiger partial charge >= 0.3 is 5.97 Å². The largest absolute Gasteiger partial charge is 0.465 e. The average molecular weight is 361 g/mol. The number of nitrogens with zero attached hydrogens (tertiary/aromatic N) is 1. The fourth-order valence-corrected chi connectivity index (χ4v) is 2.13. The number of aryl methyl sites for hydroxylation is 2. The molecule has 142 valence electrons. The molecule has 0 aliphatic carbocycles. The second-order valence-corrected chi connectivity index (χ2v) is 6.13. The average Bonchev–Trinajstić information content (AvgIpc) is 2.59. The number of nitrogens with one attached hydrogen (secondary N) is 2. The lowest BCUT2D eigenvalue weighted by molar-refractivity contribution is -0.145. The van der Waals surface area contributed by atoms with Gasteiger partial charge in [-0.05, 0) is 46.2 Å². The fourth-order valence-electron chi connectivity index (χ4n) is 2.13. The van der Waals surface area contributed by atoms with E-state index in [9.17, 15) is 14.4 Å². The first-order valence-corrected chi connectivity index (χ1v) is 8.61. The van der Waals surface area contributed by atoms with Gasteiger partial charge in [0.15, 0.2) is 0 Å². The van der Waals surface area contributed by atoms with E-state index in [1.807, 2.05) is 32.0 Å². The molecule has 0 bridgehead atoms. The molecule has 1 atom stereocenters. The Bertz CT molecular complexity index is 698. The molecule has 1 rings (SSSR count). The van der Waals surface area contributed by atoms with Crippen LogP contribution in [0, 0.1) is 19.8 Å². The Morgan fingerprint density at radius 3 is 2.42 bits per heavy atom. The highest BCUT2D eigenvalue weighted by molar-refractivity contribution is 6.01. The molecule has 2 amide bonds. The van der Waals surface area contributed by atoms with Gasteiger partial charge in [-0.3, -0.25) is 14.4 Å². The maximum atomic E-state index is 12.0. The lowest BCUT2D eigenvalue weighted by Crippen LogP contribution is -2.26. The third-order valence-electron chi connectivity index (χ3n) is 3.86. The molecule has 26 heavy (non-hydrogen) atoms. The zero-order valence-electron chi connectivity index (χ0n) is 16.0. The lowest BCUT2D eigenvalue weighted by Gasteiger charge is -2.10. The highest BCUT2D eigenvalue weighted by Gasteiger charge is 2.17. The van der Waals surface area contributed by atoms with Gasteiger partial charge in [0.1, 0.15) is 0 Å². The number of carbonyl (C=O) groups excluding carboxylic acids is 3. The van der Waals surface area contributed by atoms with Crippen LogP contribution in [0.2, 0.25) is 0 Å². The molecule has 0 aromatic heterocycles. The minimum atomic E-state index is -0.539. The second-order valence-electron chi connectivity index (χ2n) is 6.13. The number of rotatable bonds is 8. The van der Waals surface area contributed by atoms with Crippen molar-refractivity contribution in [3.8, 4) is 0 Å². The van der Waals surface area contributed by atoms with Crippen molar-refractivity contribution in [1.29, 1.82) is 0 Å². The van der Waals surface area contributed by atoms with E-state index in [1.54, 1.807) is 20.8 Å². The highest BCUT2D eigenvalue weighted by atomic mass is 16.5. The maximum Gasteiger partial charge on any atom is 0.314 e. The summed E-state index contributed by atoms with van der Waals surface area (Å²) < 4.78 is 4.90. The summed E-state index contributed by atoms with van der Waals surface area (Å²) in [5, 5.41) is 6.69. The van der Waals surface area contributed by atoms with Gasteiger partial charge in [-0.25, -0.2) is 5.43 Å². The normalized spacial score (nSPS) is 12.3. The minimum Gasteiger partial charge on any atom is -0.465 e. The van der Waals surface area contributed by atoms with Gasteiger partial charge in [0, 0.05) is 24.2 Å². The van der Waals surface area contributed by atoms with E-state index in [2.05, 4.69) is 15.8 Å². The Morgan fingerprint density at radius 1 is 1.15 bits per heavy atom. The van der Waals surface area contributed by atoms with E-state index in [0.29, 0.717) is 12.3 Å². The lowest BCUT2D eigenvalue weighted by atomic mass is 10.1. The van der Waals surface area contributed by atoms with Crippen LogP contribution < -0.4 is 10.7 Å². The summed E-state index contributed by atoms with van der Waals surface area (Å²) >= 11 is 0. The quantitative estimate of drug-likeness (QED) is 0.423. The molecule has 2 N–H and O–H groups in total. The molecular formula is C19H27N3O4. The van der Waals surface area contributed by atoms with E-state index >= 15 is 0 Å². The van der Waals surface area contributed by atoms with Crippen molar-refractivity contribution in [1.82, 2.24) is 5.43 Å². The highest BCUT2D eigenvalue weighted by Crippen LogP contribution is 2.16. The molecule has 0 spiro atoms. The predicted molar refractivity (Wildman–Crippen MR) is 101 cm³/mol. The van der Waals surface area contributed by atoms with Gasteiger partial charge in [-0.1, -0.05) is 17.7 Å². The first-order chi connectivity index (χ1) is 12.2. The second kappa shape index (κ2) is 10.3. The predicted octanol–water partition coefficient (Wildman–Crippen LogP) is 2.71. The van der Waals surface area contributed by atoms with Crippen molar-refractivity contribution in [2.75, 3.05) is 11.9 Å². The molecule has 1 aromatic rings. The fraction of sp³-hybridized carbons (Fsp3) is 0.474. The summed E-state index contributed by atoms with van der Waals surface area (Å²) in [5.41, 5.74) is 5.62. The molecule has 1 aromatic carbocycles. The number of carbonyl (C=O) groups is 3. The molecule has 1 unspecified atom stereocenters. The number of amides is 2. The number of anilines is 1. The van der Waals surface area contributed by atoms with Gasteiger partial charge in [-0.15, -0.1) is 0 Å². The number of hydrogen-bond acceptors (Lipinski definition) is 5. The molecule has 7 heteroatoms. The molecule has 7 nitrogen and oxygen atoms in total. The van der Waals surface area contributed by atoms with Crippen molar-refractivity contribution in [2.24, 2.45) is 11.0 Å². The van der Waals surface area contributed by atoms with Crippen LogP contribution in [-0.4, -0.2) is 30.1 Å². The summed E-state index contributed by atoms with van der Waals surface area (Å²) in [6.07, 6.45) is 0.0441. The van der Waals surface area contributed by atoms with Crippen LogP contribution >= 0.6 is 0 Å². The molecule has 0 saturated carbocycles. The van der Waals surface area contributed by atoms with Crippen LogP contribution in [0.3, 0.4) is 0 Å². The summed E-state index contributed by atoms with van der Waals surface area (Å²) in [6.45, 7) is 9.20. The third-order valence-corrected chi connectivity index (χ3v) is 3.86. The Kier molecular flexibility index (Phi) is 8.48. The van der Waals surface area contributed by atoms with Gasteiger partial charge in [-0.2, -0.15) is 5.10 Å². The molecule has 0 fully saturated rings. The Morgan fingerprint density at radius 2 is 1.81 bits per heavy atom. The van der Waals surface area contributed by atoms with Gasteiger partial charge in [0.25, 0.3) is 0 Å². The van der Waals surface area contributed by atoms with Crippen LogP contribution in [0.5, 0.6) is 0 Å². The van der Waals surface area contributed by atoms with E-state index in [1.165, 1.54) is 0 Å². The maximum absolute atomic E-state index is 12.0. The SMILES string of the molecule is CCOC(=O)C(C)/C(C)=N\NC(=O)CCC(=O)Nc1ccc(C)cc1C. The van der Waals surface area contributed by atoms with E-state index in [-0.39, 0.29) is 18.7 Å². The van der Waals surface area contributed by atoms with Crippen molar-refractivity contribution >= 4 is 29.2 Å². The van der Waals surface area contributed by atoms with E-state index in [0.717, 1.165) is 16.8 Å². The van der Waals surface area contributed by atoms with Crippen molar-refractivity contribution in [2.45, 2.75) is 47.5 Å². The monoisotopic (exact) mass is 361 g/mol. The van der Waals surface area contributed by atoms with Crippen molar-refractivity contribution in [3.63, 3.8) is 0 Å². The zero-order valence-corrected chi connectivity index (χ0v) is 16.0. The summed E-state index contributed by atoms with van der Waals surface area (Å²) in [7, 11) is 0. The van der Waals surface area contributed by atoms with Gasteiger partial charge in [0.2, 0.25) is 11.8 Å². The molecule has 0 heterocycles. The first kappa shape index (κ1) is 21.3. The standard InChI is InChI=1S/C19H27N3O4/c1-6-26-19(25)14(4)15(5)21-22-18(24)10-9-17(23)20-16-8-7-12(2)11-13(16)3/h7-8,11,14H,6,9-10H2,1-5H3,(H,20,23)(H,22,24)/b21-15-. The summed E-state index contributed by atoms with van der Waals surface area (Å²) in [4.78, 5) is 35.4. The topological polar surface area (TPSA) is 96.9 Å². The summed E-state index contributed by atoms with van der Waals surface area (Å²) in [5.74, 6) is -1.57. The number of hydrogen-bond donors (Lipinski definition) is 2. The Hall–Kier alpha value is -2.70. The zero-order chi connectivity index (χ0) is 19.7. The Balaban J connectivity index is 2.44. The smallest absolute Gasteiger partial charge is 0.314 e. The van der Waals surface area contributed by atoms with E-state index in [4.69, 9.17) is 4.74 Å². The first-order valence-electron chi connectivity index (χ1n) is 8.61. The van der Waals surface area contributed by atoms with Crippen molar-refractivity contribution < 1.29 is 19.1 Å². The molecule has 0 aliphatic heterocycles. The van der Waals surface area contributed by atoms with Gasteiger partial charge in [0.05, 0.1) is 12.5 Å². The van der Waals surface area contributed by atoms with Crippen LogP contribution in [0.1, 0.15) is 44.7 Å². The Labute approximate surface area is 154 Å². The van der Waals surface area contributed by atoms with Crippen LogP contribution in [-0.2, 0) is 19.1 Å². The summed E-state index contributed by atoms with van der Waals surface area (Å²) in [6, 6.07) is 5.73. The molecule has 0 aliphatic rings. The third kappa shape index (κ3) is 7.04.